The molecule has 112 valence electrons. The fourth-order valence-electron chi connectivity index (χ4n) is 2.29. The van der Waals surface area contributed by atoms with Gasteiger partial charge in [0, 0.05) is 10.4 Å². The van der Waals surface area contributed by atoms with Gasteiger partial charge in [0.25, 0.3) is 0 Å². The van der Waals surface area contributed by atoms with Gasteiger partial charge in [0.2, 0.25) is 0 Å². The topological polar surface area (TPSA) is 29.5 Å². The molecule has 0 aliphatic carbocycles. The van der Waals surface area contributed by atoms with E-state index in [4.69, 9.17) is 4.74 Å². The Morgan fingerprint density at radius 1 is 1.05 bits per heavy atom. The molecule has 3 rings (SSSR count). The lowest BCUT2D eigenvalue weighted by atomic mass is 10.1. The molecule has 0 bridgehead atoms. The number of aliphatic hydroxyl groups excluding tert-OH is 1. The summed E-state index contributed by atoms with van der Waals surface area (Å²) in [6.45, 7) is 2.57. The van der Waals surface area contributed by atoms with Crippen LogP contribution in [-0.4, -0.2) is 5.11 Å². The van der Waals surface area contributed by atoms with E-state index in [9.17, 15) is 5.11 Å². The molecule has 2 aromatic carbocycles. The maximum Gasteiger partial charge on any atom is 0.125 e. The fraction of sp³-hybridized carbons (Fsp3) is 0.158. The van der Waals surface area contributed by atoms with Crippen molar-refractivity contribution in [2.24, 2.45) is 0 Å². The molecule has 1 aromatic heterocycles. The Balaban J connectivity index is 1.85. The van der Waals surface area contributed by atoms with Crippen LogP contribution in [0.15, 0.2) is 60.0 Å². The molecule has 0 amide bonds. The van der Waals surface area contributed by atoms with E-state index in [2.05, 4.69) is 18.4 Å². The standard InChI is InChI=1S/C19H18O2S/c1-14-9-19(22-13-14)16-7-8-17(11-20)18(10-16)21-12-15-5-3-2-4-6-15/h2-10,13,20H,11-12H2,1H3. The van der Waals surface area contributed by atoms with Crippen LogP contribution in [0.25, 0.3) is 10.4 Å². The molecule has 0 saturated carbocycles. The van der Waals surface area contributed by atoms with E-state index >= 15 is 0 Å². The fourth-order valence-corrected chi connectivity index (χ4v) is 3.19. The quantitative estimate of drug-likeness (QED) is 0.734. The minimum Gasteiger partial charge on any atom is -0.489 e. The van der Waals surface area contributed by atoms with Crippen molar-refractivity contribution in [1.82, 2.24) is 0 Å². The first-order valence-corrected chi connectivity index (χ1v) is 8.10. The van der Waals surface area contributed by atoms with Crippen LogP contribution in [0, 0.1) is 6.92 Å². The Hall–Kier alpha value is -2.10. The van der Waals surface area contributed by atoms with E-state index in [1.54, 1.807) is 11.3 Å². The molecule has 3 aromatic rings. The predicted octanol–water partition coefficient (Wildman–Crippen LogP) is 4.79. The molecule has 0 saturated heterocycles. The molecule has 2 nitrogen and oxygen atoms in total. The summed E-state index contributed by atoms with van der Waals surface area (Å²) in [7, 11) is 0. The van der Waals surface area contributed by atoms with E-state index in [0.29, 0.717) is 6.61 Å². The number of aliphatic hydroxyl groups is 1. The van der Waals surface area contributed by atoms with Crippen molar-refractivity contribution in [2.75, 3.05) is 0 Å². The zero-order valence-corrected chi connectivity index (χ0v) is 13.3. The second-order valence-corrected chi connectivity index (χ2v) is 6.15. The van der Waals surface area contributed by atoms with Crippen molar-refractivity contribution >= 4 is 11.3 Å². The number of rotatable bonds is 5. The third kappa shape index (κ3) is 3.38. The second-order valence-electron chi connectivity index (χ2n) is 5.24. The van der Waals surface area contributed by atoms with Gasteiger partial charge in [-0.25, -0.2) is 0 Å². The Kier molecular flexibility index (Phi) is 4.56. The molecule has 3 heteroatoms. The van der Waals surface area contributed by atoms with Crippen LogP contribution in [0.1, 0.15) is 16.7 Å². The summed E-state index contributed by atoms with van der Waals surface area (Å²) in [5, 5.41) is 11.6. The van der Waals surface area contributed by atoms with Crippen LogP contribution in [0.5, 0.6) is 5.75 Å². The number of aryl methyl sites for hydroxylation is 1. The normalized spacial score (nSPS) is 10.6. The lowest BCUT2D eigenvalue weighted by Crippen LogP contribution is -1.99. The van der Waals surface area contributed by atoms with Gasteiger partial charge in [-0.05, 0) is 41.1 Å². The highest BCUT2D eigenvalue weighted by Crippen LogP contribution is 2.32. The van der Waals surface area contributed by atoms with Gasteiger partial charge in [0.05, 0.1) is 6.61 Å². The maximum absolute atomic E-state index is 9.50. The van der Waals surface area contributed by atoms with Gasteiger partial charge in [-0.15, -0.1) is 11.3 Å². The number of benzene rings is 2. The van der Waals surface area contributed by atoms with Crippen LogP contribution in [-0.2, 0) is 13.2 Å². The number of thiophene rings is 1. The van der Waals surface area contributed by atoms with Crippen LogP contribution in [0.3, 0.4) is 0 Å². The molecule has 0 atom stereocenters. The minimum absolute atomic E-state index is 0.0200. The van der Waals surface area contributed by atoms with E-state index in [1.165, 1.54) is 10.4 Å². The summed E-state index contributed by atoms with van der Waals surface area (Å²) < 4.78 is 5.93. The van der Waals surface area contributed by atoms with E-state index < -0.39 is 0 Å². The zero-order valence-electron chi connectivity index (χ0n) is 12.5. The average molecular weight is 310 g/mol. The molecule has 1 N–H and O–H groups in total. The third-order valence-corrected chi connectivity index (χ3v) is 4.59. The molecule has 0 aliphatic heterocycles. The first-order valence-electron chi connectivity index (χ1n) is 7.22. The highest BCUT2D eigenvalue weighted by atomic mass is 32.1. The van der Waals surface area contributed by atoms with Crippen molar-refractivity contribution in [3.8, 4) is 16.2 Å². The SMILES string of the molecule is Cc1csc(-c2ccc(CO)c(OCc3ccccc3)c2)c1. The average Bonchev–Trinajstić information content (AvgIpc) is 3.00. The monoisotopic (exact) mass is 310 g/mol. The van der Waals surface area contributed by atoms with E-state index in [1.807, 2.05) is 48.5 Å². The van der Waals surface area contributed by atoms with Crippen molar-refractivity contribution in [2.45, 2.75) is 20.1 Å². The maximum atomic E-state index is 9.50. The van der Waals surface area contributed by atoms with Crippen molar-refractivity contribution in [1.29, 1.82) is 0 Å². The molecule has 0 spiro atoms. The van der Waals surface area contributed by atoms with Gasteiger partial charge in [0.1, 0.15) is 12.4 Å². The number of hydrogen-bond acceptors (Lipinski definition) is 3. The molecular weight excluding hydrogens is 292 g/mol. The van der Waals surface area contributed by atoms with Crippen LogP contribution in [0.2, 0.25) is 0 Å². The zero-order chi connectivity index (χ0) is 15.4. The summed E-state index contributed by atoms with van der Waals surface area (Å²) in [4.78, 5) is 1.21. The molecule has 0 radical (unpaired) electrons. The smallest absolute Gasteiger partial charge is 0.125 e. The lowest BCUT2D eigenvalue weighted by molar-refractivity contribution is 0.259. The molecule has 1 heterocycles. The molecule has 22 heavy (non-hydrogen) atoms. The van der Waals surface area contributed by atoms with Crippen molar-refractivity contribution in [3.63, 3.8) is 0 Å². The van der Waals surface area contributed by atoms with Gasteiger partial charge in [0.15, 0.2) is 0 Å². The summed E-state index contributed by atoms with van der Waals surface area (Å²) in [6.07, 6.45) is 0. The van der Waals surface area contributed by atoms with Gasteiger partial charge in [-0.2, -0.15) is 0 Å². The summed E-state index contributed by atoms with van der Waals surface area (Å²) in [5.41, 5.74) is 4.31. The van der Waals surface area contributed by atoms with Gasteiger partial charge < -0.3 is 9.84 Å². The Bertz CT molecular complexity index is 747. The van der Waals surface area contributed by atoms with Crippen LogP contribution >= 0.6 is 11.3 Å². The molecular formula is C19H18O2S. The molecule has 0 aliphatic rings. The first kappa shape index (κ1) is 14.8. The third-order valence-electron chi connectivity index (χ3n) is 3.49. The Labute approximate surface area is 134 Å². The first-order chi connectivity index (χ1) is 10.8. The van der Waals surface area contributed by atoms with E-state index in [-0.39, 0.29) is 6.61 Å². The Morgan fingerprint density at radius 2 is 1.86 bits per heavy atom. The predicted molar refractivity (Wildman–Crippen MR) is 91.2 cm³/mol. The second kappa shape index (κ2) is 6.77. The largest absolute Gasteiger partial charge is 0.489 e. The molecule has 0 unspecified atom stereocenters. The number of ether oxygens (including phenoxy) is 1. The van der Waals surface area contributed by atoms with Crippen LogP contribution in [0.4, 0.5) is 0 Å². The Morgan fingerprint density at radius 3 is 2.55 bits per heavy atom. The number of hydrogen-bond donors (Lipinski definition) is 1. The van der Waals surface area contributed by atoms with Crippen molar-refractivity contribution < 1.29 is 9.84 Å². The summed E-state index contributed by atoms with van der Waals surface area (Å²) in [5.74, 6) is 0.745. The van der Waals surface area contributed by atoms with Gasteiger partial charge in [-0.3, -0.25) is 0 Å². The van der Waals surface area contributed by atoms with Crippen LogP contribution < -0.4 is 4.74 Å². The van der Waals surface area contributed by atoms with Crippen molar-refractivity contribution in [3.05, 3.63) is 76.7 Å². The lowest BCUT2D eigenvalue weighted by Gasteiger charge is -2.12. The summed E-state index contributed by atoms with van der Waals surface area (Å²) in [6, 6.07) is 18.2. The summed E-state index contributed by atoms with van der Waals surface area (Å²) >= 11 is 1.72. The molecule has 0 fully saturated rings. The highest BCUT2D eigenvalue weighted by Gasteiger charge is 2.08. The van der Waals surface area contributed by atoms with Gasteiger partial charge >= 0.3 is 0 Å². The van der Waals surface area contributed by atoms with Gasteiger partial charge in [-0.1, -0.05) is 42.5 Å². The van der Waals surface area contributed by atoms with E-state index in [0.717, 1.165) is 22.4 Å². The highest BCUT2D eigenvalue weighted by molar-refractivity contribution is 7.13. The minimum atomic E-state index is -0.0200.